The van der Waals surface area contributed by atoms with Crippen molar-refractivity contribution < 1.29 is 26.4 Å². The molecule has 34 heavy (non-hydrogen) atoms. The molecule has 0 saturated carbocycles. The number of amidine groups is 2. The van der Waals surface area contributed by atoms with Crippen molar-refractivity contribution in [2.24, 2.45) is 14.8 Å². The van der Waals surface area contributed by atoms with Gasteiger partial charge < -0.3 is 14.8 Å². The van der Waals surface area contributed by atoms with E-state index in [0.717, 1.165) is 4.31 Å². The second-order valence-electron chi connectivity index (χ2n) is 8.90. The molecule has 1 aromatic heterocycles. The molecule has 11 nitrogen and oxygen atoms in total. The van der Waals surface area contributed by atoms with Crippen LogP contribution in [0.15, 0.2) is 43.0 Å². The van der Waals surface area contributed by atoms with Crippen LogP contribution in [0, 0.1) is 12.3 Å². The van der Waals surface area contributed by atoms with Crippen LogP contribution < -0.4 is 10.0 Å². The summed E-state index contributed by atoms with van der Waals surface area (Å²) in [7, 11) is -5.66. The standard InChI is InChI=1S/C20H26ClN5O6S2/c1-11-7-10-14(32-11)17(20(2,3)4)23-19-18(24-34(30,31)25-19)22-13-9-8-12(21)16(15(13)27)33(28,29)26(5)6/h7-10,17,27H,1-6H3,(H,22,24)(H,23,25)/t17-/m0/s1. The van der Waals surface area contributed by atoms with Gasteiger partial charge in [0.05, 0.1) is 10.7 Å². The third-order valence-electron chi connectivity index (χ3n) is 4.85. The van der Waals surface area contributed by atoms with Crippen LogP contribution in [0.5, 0.6) is 5.75 Å². The summed E-state index contributed by atoms with van der Waals surface area (Å²) in [5.74, 6) is 0.145. The second-order valence-corrected chi connectivity index (χ2v) is 12.7. The molecule has 1 atom stereocenters. The topological polar surface area (TPSA) is 154 Å². The van der Waals surface area contributed by atoms with Gasteiger partial charge in [0.2, 0.25) is 10.0 Å². The summed E-state index contributed by atoms with van der Waals surface area (Å²) in [6.45, 7) is 7.52. The van der Waals surface area contributed by atoms with Crippen LogP contribution in [0.3, 0.4) is 0 Å². The van der Waals surface area contributed by atoms with Gasteiger partial charge in [-0.3, -0.25) is 4.99 Å². The average molecular weight is 532 g/mol. The van der Waals surface area contributed by atoms with Gasteiger partial charge in [-0.2, -0.15) is 8.42 Å². The summed E-state index contributed by atoms with van der Waals surface area (Å²) in [6, 6.07) is 5.50. The molecule has 1 aliphatic heterocycles. The fourth-order valence-electron chi connectivity index (χ4n) is 3.14. The van der Waals surface area contributed by atoms with E-state index >= 15 is 0 Å². The number of furan rings is 1. The van der Waals surface area contributed by atoms with Crippen LogP contribution in [-0.2, 0) is 20.2 Å². The fourth-order valence-corrected chi connectivity index (χ4v) is 5.43. The maximum atomic E-state index is 12.6. The molecule has 0 bridgehead atoms. The Kier molecular flexibility index (Phi) is 6.79. The van der Waals surface area contributed by atoms with Crippen molar-refractivity contribution in [2.45, 2.75) is 38.6 Å². The minimum atomic E-state index is -4.13. The van der Waals surface area contributed by atoms with Crippen LogP contribution in [-0.4, -0.2) is 52.0 Å². The van der Waals surface area contributed by atoms with Gasteiger partial charge in [-0.05, 0) is 36.6 Å². The van der Waals surface area contributed by atoms with E-state index in [1.54, 1.807) is 19.1 Å². The Bertz CT molecular complexity index is 1390. The molecule has 0 fully saturated rings. The average Bonchev–Trinajstić information content (AvgIpc) is 3.22. The quantitative estimate of drug-likeness (QED) is 0.501. The van der Waals surface area contributed by atoms with Gasteiger partial charge in [-0.15, -0.1) is 4.40 Å². The number of halogens is 1. The Morgan fingerprint density at radius 1 is 1.24 bits per heavy atom. The van der Waals surface area contributed by atoms with E-state index < -0.39 is 42.3 Å². The smallest absolute Gasteiger partial charge is 0.345 e. The van der Waals surface area contributed by atoms with Crippen LogP contribution in [0.1, 0.15) is 38.3 Å². The lowest BCUT2D eigenvalue weighted by atomic mass is 9.85. The van der Waals surface area contributed by atoms with E-state index in [0.29, 0.717) is 11.5 Å². The van der Waals surface area contributed by atoms with Crippen molar-refractivity contribution in [3.05, 3.63) is 40.8 Å². The third-order valence-corrected chi connectivity index (χ3v) is 8.04. The molecule has 1 aliphatic rings. The number of nitrogens with one attached hydrogen (secondary N) is 2. The van der Waals surface area contributed by atoms with Gasteiger partial charge in [0.15, 0.2) is 17.4 Å². The minimum Gasteiger partial charge on any atom is -0.504 e. The monoisotopic (exact) mass is 531 g/mol. The van der Waals surface area contributed by atoms with E-state index in [9.17, 15) is 21.9 Å². The maximum absolute atomic E-state index is 12.6. The highest BCUT2D eigenvalue weighted by atomic mass is 35.5. The van der Waals surface area contributed by atoms with Gasteiger partial charge in [0.25, 0.3) is 0 Å². The molecular formula is C20H26ClN5O6S2. The number of rotatable bonds is 5. The highest BCUT2D eigenvalue weighted by Gasteiger charge is 2.34. The van der Waals surface area contributed by atoms with Gasteiger partial charge in [-0.1, -0.05) is 32.4 Å². The minimum absolute atomic E-state index is 0.125. The maximum Gasteiger partial charge on any atom is 0.345 e. The van der Waals surface area contributed by atoms with Gasteiger partial charge >= 0.3 is 10.2 Å². The van der Waals surface area contributed by atoms with E-state index in [1.165, 1.54) is 26.2 Å². The molecule has 0 amide bonds. The number of hydrogen-bond donors (Lipinski definition) is 3. The van der Waals surface area contributed by atoms with E-state index in [2.05, 4.69) is 19.4 Å². The predicted molar refractivity (Wildman–Crippen MR) is 130 cm³/mol. The summed E-state index contributed by atoms with van der Waals surface area (Å²) in [5, 5.41) is 13.1. The van der Waals surface area contributed by atoms with E-state index in [4.69, 9.17) is 16.0 Å². The second kappa shape index (κ2) is 8.87. The van der Waals surface area contributed by atoms with Gasteiger partial charge in [0, 0.05) is 14.1 Å². The number of aromatic hydroxyl groups is 1. The Labute approximate surface area is 203 Å². The van der Waals surface area contributed by atoms with Gasteiger partial charge in [0.1, 0.15) is 22.5 Å². The predicted octanol–water partition coefficient (Wildman–Crippen LogP) is 3.04. The summed E-state index contributed by atoms with van der Waals surface area (Å²) in [5.41, 5.74) is -0.595. The number of benzene rings is 1. The first kappa shape index (κ1) is 26.0. The van der Waals surface area contributed by atoms with Crippen LogP contribution >= 0.6 is 11.6 Å². The Hall–Kier alpha value is -2.61. The first-order valence-electron chi connectivity index (χ1n) is 10.0. The molecule has 2 heterocycles. The Morgan fingerprint density at radius 3 is 2.41 bits per heavy atom. The number of phenols is 1. The van der Waals surface area contributed by atoms with E-state index in [-0.39, 0.29) is 22.4 Å². The Morgan fingerprint density at radius 2 is 1.88 bits per heavy atom. The molecule has 186 valence electrons. The number of hydrogen-bond acceptors (Lipinski definition) is 8. The molecule has 0 aliphatic carbocycles. The van der Waals surface area contributed by atoms with Crippen molar-refractivity contribution in [1.82, 2.24) is 9.03 Å². The zero-order valence-electron chi connectivity index (χ0n) is 19.4. The van der Waals surface area contributed by atoms with Gasteiger partial charge in [-0.25, -0.2) is 17.4 Å². The molecular weight excluding hydrogens is 506 g/mol. The first-order chi connectivity index (χ1) is 15.5. The molecule has 1 aromatic carbocycles. The molecule has 3 N–H and O–H groups in total. The zero-order chi connectivity index (χ0) is 25.6. The van der Waals surface area contributed by atoms with Crippen LogP contribution in [0.25, 0.3) is 0 Å². The summed E-state index contributed by atoms with van der Waals surface area (Å²) in [6.07, 6.45) is 0. The normalized spacial score (nSPS) is 18.1. The zero-order valence-corrected chi connectivity index (χ0v) is 21.8. The summed E-state index contributed by atoms with van der Waals surface area (Å²) in [4.78, 5) is 4.02. The largest absolute Gasteiger partial charge is 0.504 e. The highest BCUT2D eigenvalue weighted by molar-refractivity contribution is 7.90. The number of phenolic OH excluding ortho intramolecular Hbond substituents is 1. The lowest BCUT2D eigenvalue weighted by Gasteiger charge is -2.26. The Balaban J connectivity index is 2.09. The molecule has 0 saturated heterocycles. The van der Waals surface area contributed by atoms with Crippen LogP contribution in [0.2, 0.25) is 5.02 Å². The lowest BCUT2D eigenvalue weighted by molar-refractivity contribution is 0.284. The fraction of sp³-hybridized carbons (Fsp3) is 0.400. The number of anilines is 1. The third kappa shape index (κ3) is 5.22. The summed E-state index contributed by atoms with van der Waals surface area (Å²) < 4.78 is 62.2. The number of aliphatic imine (C=N–C) groups is 1. The molecule has 3 rings (SSSR count). The SMILES string of the molecule is Cc1ccc([C@H](N=C2NS(=O)(=O)N=C2Nc2ccc(Cl)c(S(=O)(=O)N(C)C)c2O)C(C)(C)C)o1. The molecule has 0 radical (unpaired) electrons. The number of aryl methyl sites for hydroxylation is 1. The van der Waals surface area contributed by atoms with Crippen molar-refractivity contribution in [3.63, 3.8) is 0 Å². The first-order valence-corrected chi connectivity index (χ1v) is 13.3. The molecule has 0 spiro atoms. The van der Waals surface area contributed by atoms with Crippen molar-refractivity contribution in [3.8, 4) is 5.75 Å². The lowest BCUT2D eigenvalue weighted by Crippen LogP contribution is -2.32. The molecule has 14 heteroatoms. The van der Waals surface area contributed by atoms with E-state index in [1.807, 2.05) is 20.8 Å². The summed E-state index contributed by atoms with van der Waals surface area (Å²) >= 11 is 6.04. The van der Waals surface area contributed by atoms with Crippen molar-refractivity contribution in [1.29, 1.82) is 0 Å². The number of nitrogens with zero attached hydrogens (tertiary/aromatic N) is 3. The molecule has 0 unspecified atom stereocenters. The van der Waals surface area contributed by atoms with Crippen molar-refractivity contribution >= 4 is 49.2 Å². The van der Waals surface area contributed by atoms with Crippen molar-refractivity contribution in [2.75, 3.05) is 19.4 Å². The van der Waals surface area contributed by atoms with Crippen LogP contribution in [0.4, 0.5) is 5.69 Å². The highest BCUT2D eigenvalue weighted by Crippen LogP contribution is 2.39. The number of sulfonamides is 1. The molecule has 2 aromatic rings.